The molecule has 1 N–H and O–H groups in total. The number of pyridine rings is 1. The van der Waals surface area contributed by atoms with Crippen LogP contribution in [0.4, 0.5) is 5.69 Å². The number of halogens is 1. The second-order valence-corrected chi connectivity index (χ2v) is 8.82. The molecule has 0 bridgehead atoms. The van der Waals surface area contributed by atoms with E-state index in [4.69, 9.17) is 28.2 Å². The molecule has 32 heavy (non-hydrogen) atoms. The molecule has 0 amide bonds. The summed E-state index contributed by atoms with van der Waals surface area (Å²) in [7, 11) is 0. The first kappa shape index (κ1) is 20.7. The predicted octanol–water partition coefficient (Wildman–Crippen LogP) is 6.79. The van der Waals surface area contributed by atoms with Crippen LogP contribution < -0.4 is 10.2 Å². The highest BCUT2D eigenvalue weighted by Gasteiger charge is 2.42. The number of nitrogens with zero attached hydrogens (tertiary/aromatic N) is 2. The SMILES string of the molecule is Cc1ccc(N2C(=S)N[C@@H](c3ccccn3)[C@H]2c2ccc(-c3cc(Cl)ccc3C)o2)cc1. The first-order valence-corrected chi connectivity index (χ1v) is 11.2. The maximum absolute atomic E-state index is 6.44. The summed E-state index contributed by atoms with van der Waals surface area (Å²) in [4.78, 5) is 6.71. The molecular formula is C26H22ClN3OS. The largest absolute Gasteiger partial charge is 0.459 e. The van der Waals surface area contributed by atoms with E-state index in [1.807, 2.05) is 48.5 Å². The van der Waals surface area contributed by atoms with Gasteiger partial charge in [0, 0.05) is 22.5 Å². The number of thiocarbonyl (C=S) groups is 1. The fourth-order valence-electron chi connectivity index (χ4n) is 4.14. The topological polar surface area (TPSA) is 41.3 Å². The van der Waals surface area contributed by atoms with Crippen LogP contribution in [0.2, 0.25) is 5.02 Å². The van der Waals surface area contributed by atoms with Crippen LogP contribution in [0.5, 0.6) is 0 Å². The fraction of sp³-hybridized carbons (Fsp3) is 0.154. The van der Waals surface area contributed by atoms with Crippen molar-refractivity contribution in [2.45, 2.75) is 25.9 Å². The summed E-state index contributed by atoms with van der Waals surface area (Å²) >= 11 is 12.0. The third-order valence-corrected chi connectivity index (χ3v) is 6.34. The van der Waals surface area contributed by atoms with Crippen LogP contribution in [0.15, 0.2) is 83.4 Å². The second-order valence-electron chi connectivity index (χ2n) is 7.99. The number of rotatable bonds is 4. The van der Waals surface area contributed by atoms with Crippen LogP contribution in [-0.2, 0) is 0 Å². The van der Waals surface area contributed by atoms with Crippen LogP contribution in [-0.4, -0.2) is 10.1 Å². The molecule has 1 aliphatic rings. The lowest BCUT2D eigenvalue weighted by Gasteiger charge is -2.26. The van der Waals surface area contributed by atoms with Gasteiger partial charge in [-0.15, -0.1) is 0 Å². The van der Waals surface area contributed by atoms with Crippen molar-refractivity contribution in [2.24, 2.45) is 0 Å². The molecule has 1 aliphatic heterocycles. The van der Waals surface area contributed by atoms with Gasteiger partial charge in [0.15, 0.2) is 5.11 Å². The van der Waals surface area contributed by atoms with Crippen LogP contribution in [0.3, 0.4) is 0 Å². The molecule has 1 fully saturated rings. The molecular weight excluding hydrogens is 438 g/mol. The van der Waals surface area contributed by atoms with Gasteiger partial charge in [0.2, 0.25) is 0 Å². The van der Waals surface area contributed by atoms with E-state index >= 15 is 0 Å². The maximum Gasteiger partial charge on any atom is 0.174 e. The smallest absolute Gasteiger partial charge is 0.174 e. The third kappa shape index (κ3) is 3.78. The van der Waals surface area contributed by atoms with Crippen molar-refractivity contribution in [3.05, 3.63) is 107 Å². The highest BCUT2D eigenvalue weighted by molar-refractivity contribution is 7.80. The standard InChI is InChI=1S/C26H22ClN3OS/c1-16-6-10-19(11-7-16)30-25(24(29-26(30)32)21-5-3-4-14-28-21)23-13-12-22(31-23)20-15-18(27)9-8-17(20)2/h3-15,24-25H,1-2H3,(H,29,32)/t24-,25+/m0/s1. The van der Waals surface area contributed by atoms with E-state index < -0.39 is 0 Å². The number of aromatic nitrogens is 1. The van der Waals surface area contributed by atoms with Crippen LogP contribution in [0, 0.1) is 13.8 Å². The number of hydrogen-bond acceptors (Lipinski definition) is 3. The van der Waals surface area contributed by atoms with Gasteiger partial charge in [-0.05, 0) is 80.2 Å². The molecule has 2 aromatic heterocycles. The number of aryl methyl sites for hydroxylation is 2. The minimum Gasteiger partial charge on any atom is -0.459 e. The minimum absolute atomic E-state index is 0.149. The normalized spacial score (nSPS) is 18.1. The highest BCUT2D eigenvalue weighted by atomic mass is 35.5. The molecule has 0 saturated carbocycles. The Morgan fingerprint density at radius 1 is 1.00 bits per heavy atom. The van der Waals surface area contributed by atoms with Gasteiger partial charge >= 0.3 is 0 Å². The number of anilines is 1. The zero-order valence-electron chi connectivity index (χ0n) is 17.7. The lowest BCUT2D eigenvalue weighted by Crippen LogP contribution is -2.29. The summed E-state index contributed by atoms with van der Waals surface area (Å²) < 4.78 is 6.44. The molecule has 1 saturated heterocycles. The van der Waals surface area contributed by atoms with Crippen molar-refractivity contribution in [2.75, 3.05) is 4.90 Å². The number of furan rings is 1. The molecule has 2 atom stereocenters. The summed E-state index contributed by atoms with van der Waals surface area (Å²) in [6.07, 6.45) is 1.80. The second kappa shape index (κ2) is 8.41. The van der Waals surface area contributed by atoms with Crippen LogP contribution in [0.1, 0.15) is 34.7 Å². The zero-order valence-corrected chi connectivity index (χ0v) is 19.3. The molecule has 4 aromatic rings. The molecule has 3 heterocycles. The number of hydrogen-bond donors (Lipinski definition) is 1. The van der Waals surface area contributed by atoms with Crippen LogP contribution in [0.25, 0.3) is 11.3 Å². The molecule has 160 valence electrons. The molecule has 0 aliphatic carbocycles. The van der Waals surface area contributed by atoms with E-state index in [1.165, 1.54) is 5.56 Å². The van der Waals surface area contributed by atoms with Gasteiger partial charge < -0.3 is 14.6 Å². The van der Waals surface area contributed by atoms with E-state index in [-0.39, 0.29) is 12.1 Å². The van der Waals surface area contributed by atoms with Crippen molar-refractivity contribution in [3.63, 3.8) is 0 Å². The third-order valence-electron chi connectivity index (χ3n) is 5.79. The molecule has 4 nitrogen and oxygen atoms in total. The van der Waals surface area contributed by atoms with Crippen LogP contribution >= 0.6 is 23.8 Å². The Hall–Kier alpha value is -3.15. The van der Waals surface area contributed by atoms with Gasteiger partial charge in [-0.3, -0.25) is 4.98 Å². The van der Waals surface area contributed by atoms with Gasteiger partial charge in [-0.25, -0.2) is 0 Å². The Balaban J connectivity index is 1.61. The molecule has 6 heteroatoms. The molecule has 0 radical (unpaired) electrons. The van der Waals surface area contributed by atoms with Crippen molar-refractivity contribution in [1.29, 1.82) is 0 Å². The first-order chi connectivity index (χ1) is 15.5. The summed E-state index contributed by atoms with van der Waals surface area (Å²) in [6, 6.07) is 23.8. The lowest BCUT2D eigenvalue weighted by atomic mass is 10.0. The van der Waals surface area contributed by atoms with Gasteiger partial charge in [0.25, 0.3) is 0 Å². The maximum atomic E-state index is 6.44. The summed E-state index contributed by atoms with van der Waals surface area (Å²) in [5.74, 6) is 1.59. The van der Waals surface area contributed by atoms with E-state index in [2.05, 4.69) is 53.3 Å². The average Bonchev–Trinajstić information content (AvgIpc) is 3.41. The van der Waals surface area contributed by atoms with E-state index in [0.29, 0.717) is 10.1 Å². The summed E-state index contributed by atoms with van der Waals surface area (Å²) in [5.41, 5.74) is 5.20. The van der Waals surface area contributed by atoms with Crippen molar-refractivity contribution in [3.8, 4) is 11.3 Å². The molecule has 0 spiro atoms. The first-order valence-electron chi connectivity index (χ1n) is 10.4. The Bertz CT molecular complexity index is 1270. The van der Waals surface area contributed by atoms with Crippen molar-refractivity contribution >= 4 is 34.6 Å². The Morgan fingerprint density at radius 3 is 2.56 bits per heavy atom. The summed E-state index contributed by atoms with van der Waals surface area (Å²) in [5, 5.41) is 4.79. The van der Waals surface area contributed by atoms with Gasteiger partial charge in [-0.1, -0.05) is 41.4 Å². The van der Waals surface area contributed by atoms with Gasteiger partial charge in [-0.2, -0.15) is 0 Å². The zero-order chi connectivity index (χ0) is 22.2. The average molecular weight is 460 g/mol. The fourth-order valence-corrected chi connectivity index (χ4v) is 4.66. The van der Waals surface area contributed by atoms with E-state index in [0.717, 1.165) is 34.0 Å². The summed E-state index contributed by atoms with van der Waals surface area (Å²) in [6.45, 7) is 4.13. The van der Waals surface area contributed by atoms with Gasteiger partial charge in [0.1, 0.15) is 17.6 Å². The number of nitrogens with one attached hydrogen (secondary N) is 1. The van der Waals surface area contributed by atoms with E-state index in [9.17, 15) is 0 Å². The van der Waals surface area contributed by atoms with Gasteiger partial charge in [0.05, 0.1) is 11.7 Å². The number of benzene rings is 2. The predicted molar refractivity (Wildman–Crippen MR) is 133 cm³/mol. The Kier molecular flexibility index (Phi) is 5.45. The Labute approximate surface area is 197 Å². The highest BCUT2D eigenvalue weighted by Crippen LogP contribution is 2.43. The quantitative estimate of drug-likeness (QED) is 0.340. The van der Waals surface area contributed by atoms with Crippen molar-refractivity contribution in [1.82, 2.24) is 10.3 Å². The Morgan fingerprint density at radius 2 is 1.81 bits per heavy atom. The van der Waals surface area contributed by atoms with E-state index in [1.54, 1.807) is 6.20 Å². The van der Waals surface area contributed by atoms with Crippen molar-refractivity contribution < 1.29 is 4.42 Å². The lowest BCUT2D eigenvalue weighted by molar-refractivity contribution is 0.439. The molecule has 5 rings (SSSR count). The monoisotopic (exact) mass is 459 g/mol. The molecule has 0 unspecified atom stereocenters. The molecule has 2 aromatic carbocycles. The minimum atomic E-state index is -0.187.